The van der Waals surface area contributed by atoms with Crippen molar-refractivity contribution in [3.63, 3.8) is 0 Å². The van der Waals surface area contributed by atoms with E-state index < -0.39 is 0 Å². The number of anilines is 2. The second kappa shape index (κ2) is 12.3. The van der Waals surface area contributed by atoms with Crippen molar-refractivity contribution in [2.45, 2.75) is 19.6 Å². The smallest absolute Gasteiger partial charge is 0.248 e. The number of likely N-dealkylation sites (N-methyl/N-ethyl adjacent to an activating group) is 1. The van der Waals surface area contributed by atoms with Crippen molar-refractivity contribution in [3.05, 3.63) is 77.8 Å². The van der Waals surface area contributed by atoms with Crippen LogP contribution in [0.2, 0.25) is 5.02 Å². The summed E-state index contributed by atoms with van der Waals surface area (Å²) in [6.45, 7) is 2.53. The van der Waals surface area contributed by atoms with E-state index >= 15 is 0 Å². The van der Waals surface area contributed by atoms with Crippen LogP contribution in [0.15, 0.2) is 67.1 Å². The van der Waals surface area contributed by atoms with Gasteiger partial charge in [0, 0.05) is 26.0 Å². The van der Waals surface area contributed by atoms with Crippen LogP contribution in [-0.4, -0.2) is 59.2 Å². The number of amides is 1. The van der Waals surface area contributed by atoms with Gasteiger partial charge in [-0.25, -0.2) is 9.97 Å². The number of nitrogens with one attached hydrogen (secondary N) is 1. The van der Waals surface area contributed by atoms with E-state index in [0.29, 0.717) is 34.5 Å². The fourth-order valence-electron chi connectivity index (χ4n) is 3.55. The maximum absolute atomic E-state index is 12.1. The van der Waals surface area contributed by atoms with Crippen molar-refractivity contribution >= 4 is 39.9 Å². The van der Waals surface area contributed by atoms with E-state index in [-0.39, 0.29) is 25.2 Å². The van der Waals surface area contributed by atoms with Crippen molar-refractivity contribution < 1.29 is 19.0 Å². The summed E-state index contributed by atoms with van der Waals surface area (Å²) in [6, 6.07) is 16.5. The van der Waals surface area contributed by atoms with Crippen molar-refractivity contribution in [2.24, 2.45) is 0 Å². The van der Waals surface area contributed by atoms with Crippen LogP contribution < -0.4 is 14.8 Å². The third-order valence-corrected chi connectivity index (χ3v) is 6.02. The Balaban J connectivity index is 1.50. The predicted octanol–water partition coefficient (Wildman–Crippen LogP) is 4.87. The van der Waals surface area contributed by atoms with E-state index in [4.69, 9.17) is 25.8 Å². The lowest BCUT2D eigenvalue weighted by Crippen LogP contribution is -2.40. The molecule has 1 amide bonds. The summed E-state index contributed by atoms with van der Waals surface area (Å²) in [5, 5.41) is 4.48. The van der Waals surface area contributed by atoms with Crippen LogP contribution in [-0.2, 0) is 16.1 Å². The molecular formula is C27H28ClN5O4. The molecule has 0 aliphatic heterocycles. The zero-order chi connectivity index (χ0) is 26.2. The summed E-state index contributed by atoms with van der Waals surface area (Å²) in [6.07, 6.45) is 3.21. The van der Waals surface area contributed by atoms with Crippen LogP contribution in [0.3, 0.4) is 0 Å². The first-order valence-electron chi connectivity index (χ1n) is 11.7. The number of nitrogens with zero attached hydrogens (tertiary/aromatic N) is 4. The topological polar surface area (TPSA) is 98.7 Å². The lowest BCUT2D eigenvalue weighted by atomic mass is 10.2. The first-order chi connectivity index (χ1) is 18.0. The monoisotopic (exact) mass is 521 g/mol. The molecule has 1 N–H and O–H groups in total. The molecule has 4 rings (SSSR count). The first-order valence-corrected chi connectivity index (χ1v) is 12.0. The fourth-order valence-corrected chi connectivity index (χ4v) is 3.79. The molecule has 192 valence electrons. The molecule has 2 aromatic heterocycles. The number of methoxy groups -OCH3 is 1. The van der Waals surface area contributed by atoms with Gasteiger partial charge in [-0.3, -0.25) is 9.78 Å². The minimum Gasteiger partial charge on any atom is -0.491 e. The van der Waals surface area contributed by atoms with Gasteiger partial charge in [0.05, 0.1) is 27.7 Å². The Morgan fingerprint density at radius 2 is 1.92 bits per heavy atom. The molecule has 0 aliphatic carbocycles. The minimum atomic E-state index is -0.170. The van der Waals surface area contributed by atoms with Gasteiger partial charge in [-0.1, -0.05) is 23.7 Å². The molecule has 0 saturated carbocycles. The number of fused-ring (bicyclic) bond motifs is 1. The van der Waals surface area contributed by atoms with E-state index in [1.165, 1.54) is 13.4 Å². The number of carbonyl (C=O) groups is 1. The van der Waals surface area contributed by atoms with Crippen molar-refractivity contribution in [1.29, 1.82) is 0 Å². The molecule has 0 bridgehead atoms. The van der Waals surface area contributed by atoms with Gasteiger partial charge >= 0.3 is 0 Å². The van der Waals surface area contributed by atoms with Gasteiger partial charge in [0.15, 0.2) is 0 Å². The number of aromatic nitrogens is 3. The molecule has 37 heavy (non-hydrogen) atoms. The Kier molecular flexibility index (Phi) is 8.71. The number of ether oxygens (including phenoxy) is 3. The fraction of sp³-hybridized carbons (Fsp3) is 0.259. The Hall–Kier alpha value is -3.95. The molecule has 1 atom stereocenters. The van der Waals surface area contributed by atoms with Crippen LogP contribution in [0, 0.1) is 0 Å². The Bertz CT molecular complexity index is 1350. The molecule has 0 unspecified atom stereocenters. The van der Waals surface area contributed by atoms with Crippen LogP contribution in [0.25, 0.3) is 10.9 Å². The highest BCUT2D eigenvalue weighted by Crippen LogP contribution is 2.34. The summed E-state index contributed by atoms with van der Waals surface area (Å²) in [5.41, 5.74) is 2.25. The summed E-state index contributed by atoms with van der Waals surface area (Å²) in [7, 11) is 3.22. The van der Waals surface area contributed by atoms with Gasteiger partial charge in [0.1, 0.15) is 43.5 Å². The molecule has 0 saturated heterocycles. The van der Waals surface area contributed by atoms with Crippen molar-refractivity contribution in [2.75, 3.05) is 32.7 Å². The van der Waals surface area contributed by atoms with E-state index in [2.05, 4.69) is 20.3 Å². The highest BCUT2D eigenvalue weighted by molar-refractivity contribution is 6.32. The first kappa shape index (κ1) is 26.1. The molecule has 10 heteroatoms. The average molecular weight is 522 g/mol. The Morgan fingerprint density at radius 1 is 1.05 bits per heavy atom. The number of benzene rings is 2. The zero-order valence-corrected chi connectivity index (χ0v) is 21.6. The summed E-state index contributed by atoms with van der Waals surface area (Å²) >= 11 is 6.49. The zero-order valence-electron chi connectivity index (χ0n) is 20.8. The highest BCUT2D eigenvalue weighted by atomic mass is 35.5. The van der Waals surface area contributed by atoms with Gasteiger partial charge in [0.2, 0.25) is 5.91 Å². The SMILES string of the molecule is COCC(=O)N(C)[C@@H](C)COc1cccc2ncnc(Nc3ccc(OCc4ccccn4)c(Cl)c3)c12. The van der Waals surface area contributed by atoms with E-state index in [0.717, 1.165) is 16.8 Å². The second-order valence-electron chi connectivity index (χ2n) is 8.35. The number of rotatable bonds is 11. The van der Waals surface area contributed by atoms with Crippen LogP contribution >= 0.6 is 11.6 Å². The largest absolute Gasteiger partial charge is 0.491 e. The van der Waals surface area contributed by atoms with Gasteiger partial charge in [-0.2, -0.15) is 0 Å². The second-order valence-corrected chi connectivity index (χ2v) is 8.76. The third kappa shape index (κ3) is 6.63. The number of hydrogen-bond donors (Lipinski definition) is 1. The van der Waals surface area contributed by atoms with Gasteiger partial charge < -0.3 is 24.4 Å². The van der Waals surface area contributed by atoms with Gasteiger partial charge in [-0.05, 0) is 49.4 Å². The lowest BCUT2D eigenvalue weighted by Gasteiger charge is -2.25. The molecule has 4 aromatic rings. The molecule has 0 fully saturated rings. The van der Waals surface area contributed by atoms with Crippen LogP contribution in [0.5, 0.6) is 11.5 Å². The average Bonchev–Trinajstić information content (AvgIpc) is 2.91. The van der Waals surface area contributed by atoms with Crippen LogP contribution in [0.1, 0.15) is 12.6 Å². The maximum Gasteiger partial charge on any atom is 0.248 e. The standard InChI is InChI=1S/C27H28ClN5O4/c1-18(33(2)25(34)16-35-3)14-36-24-9-6-8-22-26(24)27(31-17-30-22)32-19-10-11-23(21(28)13-19)37-15-20-7-4-5-12-29-20/h4-13,17-18H,14-16H2,1-3H3,(H,30,31,32)/t18-/m0/s1. The quantitative estimate of drug-likeness (QED) is 0.298. The van der Waals surface area contributed by atoms with E-state index in [9.17, 15) is 4.79 Å². The normalized spacial score (nSPS) is 11.7. The Morgan fingerprint density at radius 3 is 2.68 bits per heavy atom. The highest BCUT2D eigenvalue weighted by Gasteiger charge is 2.18. The third-order valence-electron chi connectivity index (χ3n) is 5.72. The van der Waals surface area contributed by atoms with E-state index in [1.807, 2.05) is 49.4 Å². The number of pyridine rings is 1. The number of hydrogen-bond acceptors (Lipinski definition) is 8. The van der Waals surface area contributed by atoms with Crippen molar-refractivity contribution in [1.82, 2.24) is 19.9 Å². The molecular weight excluding hydrogens is 494 g/mol. The van der Waals surface area contributed by atoms with Crippen molar-refractivity contribution in [3.8, 4) is 11.5 Å². The molecule has 0 spiro atoms. The Labute approximate surface area is 220 Å². The molecule has 2 heterocycles. The van der Waals surface area contributed by atoms with Gasteiger partial charge in [-0.15, -0.1) is 0 Å². The molecule has 0 aliphatic rings. The minimum absolute atomic E-state index is 0.0204. The number of halogens is 1. The molecule has 2 aromatic carbocycles. The predicted molar refractivity (Wildman–Crippen MR) is 142 cm³/mol. The summed E-state index contributed by atoms with van der Waals surface area (Å²) < 4.78 is 16.9. The van der Waals surface area contributed by atoms with Crippen LogP contribution in [0.4, 0.5) is 11.5 Å². The van der Waals surface area contributed by atoms with E-state index in [1.54, 1.807) is 30.3 Å². The maximum atomic E-state index is 12.1. The lowest BCUT2D eigenvalue weighted by molar-refractivity contribution is -0.136. The molecule has 0 radical (unpaired) electrons. The summed E-state index contributed by atoms with van der Waals surface area (Å²) in [5.74, 6) is 1.60. The van der Waals surface area contributed by atoms with Gasteiger partial charge in [0.25, 0.3) is 0 Å². The number of carbonyl (C=O) groups excluding carboxylic acids is 1. The summed E-state index contributed by atoms with van der Waals surface area (Å²) in [4.78, 5) is 26.8. The molecule has 9 nitrogen and oxygen atoms in total.